The second-order valence-corrected chi connectivity index (χ2v) is 7.78. The Morgan fingerprint density at radius 1 is 1.13 bits per heavy atom. The fourth-order valence-corrected chi connectivity index (χ4v) is 4.52. The summed E-state index contributed by atoms with van der Waals surface area (Å²) in [7, 11) is 0. The molecule has 3 aliphatic rings. The van der Waals surface area contributed by atoms with Crippen molar-refractivity contribution in [2.24, 2.45) is 16.6 Å². The number of amides is 2. The molecule has 0 bridgehead atoms. The van der Waals surface area contributed by atoms with Crippen molar-refractivity contribution in [1.29, 1.82) is 0 Å². The van der Waals surface area contributed by atoms with Crippen LogP contribution in [0.4, 0.5) is 0 Å². The first kappa shape index (κ1) is 18.5. The van der Waals surface area contributed by atoms with Gasteiger partial charge in [-0.1, -0.05) is 19.3 Å². The Morgan fingerprint density at radius 3 is 2.30 bits per heavy atom. The lowest BCUT2D eigenvalue weighted by molar-refractivity contribution is -0.136. The van der Waals surface area contributed by atoms with Gasteiger partial charge in [0.15, 0.2) is 0 Å². The van der Waals surface area contributed by atoms with Gasteiger partial charge in [0.25, 0.3) is 0 Å². The number of carbonyl (C=O) groups is 2. The van der Waals surface area contributed by atoms with Gasteiger partial charge in [-0.3, -0.25) is 9.59 Å². The molecule has 5 nitrogen and oxygen atoms in total. The lowest BCUT2D eigenvalue weighted by Gasteiger charge is -2.41. The number of halogens is 1. The highest BCUT2D eigenvalue weighted by Gasteiger charge is 2.42. The van der Waals surface area contributed by atoms with Gasteiger partial charge < -0.3 is 16.0 Å². The number of nitrogens with zero attached hydrogens (tertiary/aromatic N) is 1. The van der Waals surface area contributed by atoms with Crippen molar-refractivity contribution in [3.8, 4) is 0 Å². The van der Waals surface area contributed by atoms with Crippen LogP contribution < -0.4 is 11.1 Å². The number of carbonyl (C=O) groups excluding carboxylic acids is 2. The van der Waals surface area contributed by atoms with Crippen LogP contribution >= 0.6 is 12.4 Å². The molecule has 0 unspecified atom stereocenters. The number of hydrogen-bond acceptors (Lipinski definition) is 3. The molecule has 2 amide bonds. The Morgan fingerprint density at radius 2 is 1.78 bits per heavy atom. The molecule has 0 aromatic carbocycles. The quantitative estimate of drug-likeness (QED) is 0.821. The summed E-state index contributed by atoms with van der Waals surface area (Å²) < 4.78 is 0. The summed E-state index contributed by atoms with van der Waals surface area (Å²) >= 11 is 0. The molecule has 0 aromatic rings. The minimum atomic E-state index is 0. The highest BCUT2D eigenvalue weighted by Crippen LogP contribution is 2.41. The number of nitrogens with one attached hydrogen (secondary N) is 1. The maximum Gasteiger partial charge on any atom is 0.223 e. The lowest BCUT2D eigenvalue weighted by Crippen LogP contribution is -2.46. The second-order valence-electron chi connectivity index (χ2n) is 7.78. The number of hydrogen-bond donors (Lipinski definition) is 2. The van der Waals surface area contributed by atoms with Gasteiger partial charge in [0, 0.05) is 32.5 Å². The van der Waals surface area contributed by atoms with E-state index in [9.17, 15) is 9.59 Å². The van der Waals surface area contributed by atoms with Gasteiger partial charge in [-0.15, -0.1) is 12.4 Å². The van der Waals surface area contributed by atoms with Gasteiger partial charge in [-0.05, 0) is 43.1 Å². The fourth-order valence-electron chi connectivity index (χ4n) is 4.52. The van der Waals surface area contributed by atoms with E-state index in [0.29, 0.717) is 19.4 Å². The molecule has 2 saturated heterocycles. The molecule has 3 rings (SSSR count). The van der Waals surface area contributed by atoms with E-state index in [0.717, 1.165) is 45.3 Å². The molecule has 1 saturated carbocycles. The van der Waals surface area contributed by atoms with Crippen LogP contribution in [0.2, 0.25) is 0 Å². The van der Waals surface area contributed by atoms with E-state index in [4.69, 9.17) is 5.73 Å². The maximum atomic E-state index is 12.7. The largest absolute Gasteiger partial charge is 0.356 e. The van der Waals surface area contributed by atoms with Crippen molar-refractivity contribution >= 4 is 24.2 Å². The van der Waals surface area contributed by atoms with E-state index in [1.54, 1.807) is 0 Å². The molecule has 3 N–H and O–H groups in total. The van der Waals surface area contributed by atoms with E-state index < -0.39 is 0 Å². The molecule has 0 atom stereocenters. The van der Waals surface area contributed by atoms with E-state index in [1.165, 1.54) is 19.3 Å². The van der Waals surface area contributed by atoms with Gasteiger partial charge in [-0.25, -0.2) is 0 Å². The Hall–Kier alpha value is -0.810. The van der Waals surface area contributed by atoms with Crippen LogP contribution in [-0.2, 0) is 9.59 Å². The van der Waals surface area contributed by atoms with Crippen LogP contribution in [0, 0.1) is 10.8 Å². The first-order chi connectivity index (χ1) is 10.6. The van der Waals surface area contributed by atoms with E-state index >= 15 is 0 Å². The van der Waals surface area contributed by atoms with Crippen LogP contribution in [0.5, 0.6) is 0 Å². The monoisotopic (exact) mass is 343 g/mol. The summed E-state index contributed by atoms with van der Waals surface area (Å²) in [6.45, 7) is 3.03. The van der Waals surface area contributed by atoms with Crippen LogP contribution in [0.25, 0.3) is 0 Å². The molecular formula is C17H30ClN3O2. The predicted octanol–water partition coefficient (Wildman–Crippen LogP) is 1.84. The topological polar surface area (TPSA) is 75.4 Å². The standard InChI is InChI=1S/C17H29N3O2.ClH/c18-12-16(4-2-1-3-5-16)11-15(22)20-8-6-17(7-9-20)10-14(21)19-13-17;/h1-13,18H2,(H,19,21);1H. The van der Waals surface area contributed by atoms with Crippen molar-refractivity contribution in [3.63, 3.8) is 0 Å². The summed E-state index contributed by atoms with van der Waals surface area (Å²) in [5.74, 6) is 0.448. The summed E-state index contributed by atoms with van der Waals surface area (Å²) in [5.41, 5.74) is 6.18. The Kier molecular flexibility index (Phi) is 5.95. The zero-order valence-corrected chi connectivity index (χ0v) is 14.8. The van der Waals surface area contributed by atoms with Crippen molar-refractivity contribution in [2.45, 2.75) is 57.8 Å². The first-order valence-corrected chi connectivity index (χ1v) is 8.81. The molecule has 0 radical (unpaired) electrons. The average Bonchev–Trinajstić information content (AvgIpc) is 2.89. The Balaban J connectivity index is 0.00000192. The molecule has 23 heavy (non-hydrogen) atoms. The molecule has 3 fully saturated rings. The van der Waals surface area contributed by atoms with E-state index in [2.05, 4.69) is 5.32 Å². The van der Waals surface area contributed by atoms with E-state index in [-0.39, 0.29) is 35.1 Å². The van der Waals surface area contributed by atoms with Gasteiger partial charge in [0.2, 0.25) is 11.8 Å². The highest BCUT2D eigenvalue weighted by molar-refractivity contribution is 5.85. The molecule has 1 spiro atoms. The minimum absolute atomic E-state index is 0. The normalized spacial score (nSPS) is 25.8. The molecule has 2 aliphatic heterocycles. The SMILES string of the molecule is Cl.NCC1(CC(=O)N2CCC3(CC2)CNC(=O)C3)CCCCC1. The Bertz CT molecular complexity index is 441. The van der Waals surface area contributed by atoms with Crippen LogP contribution in [0.15, 0.2) is 0 Å². The Labute approximate surface area is 145 Å². The third-order valence-electron chi connectivity index (χ3n) is 6.25. The zero-order valence-electron chi connectivity index (χ0n) is 13.9. The third-order valence-corrected chi connectivity index (χ3v) is 6.25. The number of rotatable bonds is 3. The van der Waals surface area contributed by atoms with Crippen molar-refractivity contribution < 1.29 is 9.59 Å². The zero-order chi connectivity index (χ0) is 15.6. The average molecular weight is 344 g/mol. The highest BCUT2D eigenvalue weighted by atomic mass is 35.5. The first-order valence-electron chi connectivity index (χ1n) is 8.81. The molecule has 0 aromatic heterocycles. The summed E-state index contributed by atoms with van der Waals surface area (Å²) in [6.07, 6.45) is 9.07. The van der Waals surface area contributed by atoms with Gasteiger partial charge in [-0.2, -0.15) is 0 Å². The number of piperidine rings is 1. The summed E-state index contributed by atoms with van der Waals surface area (Å²) in [4.78, 5) is 26.2. The minimum Gasteiger partial charge on any atom is -0.356 e. The third kappa shape index (κ3) is 4.00. The van der Waals surface area contributed by atoms with Crippen molar-refractivity contribution in [2.75, 3.05) is 26.2 Å². The summed E-state index contributed by atoms with van der Waals surface area (Å²) in [6, 6.07) is 0. The lowest BCUT2D eigenvalue weighted by atomic mass is 9.71. The molecule has 2 heterocycles. The fraction of sp³-hybridized carbons (Fsp3) is 0.882. The number of likely N-dealkylation sites (tertiary alicyclic amines) is 1. The maximum absolute atomic E-state index is 12.7. The van der Waals surface area contributed by atoms with Crippen LogP contribution in [-0.4, -0.2) is 42.9 Å². The second kappa shape index (κ2) is 7.39. The van der Waals surface area contributed by atoms with Crippen LogP contribution in [0.3, 0.4) is 0 Å². The molecule has 132 valence electrons. The van der Waals surface area contributed by atoms with Crippen molar-refractivity contribution in [3.05, 3.63) is 0 Å². The van der Waals surface area contributed by atoms with Gasteiger partial charge in [0.1, 0.15) is 0 Å². The van der Waals surface area contributed by atoms with Gasteiger partial charge >= 0.3 is 0 Å². The molecular weight excluding hydrogens is 314 g/mol. The predicted molar refractivity (Wildman–Crippen MR) is 92.3 cm³/mol. The van der Waals surface area contributed by atoms with Crippen molar-refractivity contribution in [1.82, 2.24) is 10.2 Å². The van der Waals surface area contributed by atoms with Gasteiger partial charge in [0.05, 0.1) is 0 Å². The summed E-state index contributed by atoms with van der Waals surface area (Å²) in [5, 5.41) is 2.95. The molecule has 1 aliphatic carbocycles. The smallest absolute Gasteiger partial charge is 0.223 e. The molecule has 6 heteroatoms. The number of nitrogens with two attached hydrogens (primary N) is 1. The van der Waals surface area contributed by atoms with E-state index in [1.807, 2.05) is 4.90 Å². The van der Waals surface area contributed by atoms with Crippen LogP contribution in [0.1, 0.15) is 57.8 Å².